The summed E-state index contributed by atoms with van der Waals surface area (Å²) in [5.74, 6) is 0.322. The van der Waals surface area contributed by atoms with Crippen LogP contribution in [0.3, 0.4) is 0 Å². The first-order valence-corrected chi connectivity index (χ1v) is 7.36. The molecule has 3 nitrogen and oxygen atoms in total. The topological polar surface area (TPSA) is 66.5 Å². The molecular weight excluding hydrogens is 274 g/mol. The Bertz CT molecular complexity index is 489. The number of aryl methyl sites for hydroxylation is 1. The van der Waals surface area contributed by atoms with Crippen LogP contribution in [0.25, 0.3) is 0 Å². The Labute approximate surface area is 126 Å². The van der Waals surface area contributed by atoms with Gasteiger partial charge in [-0.05, 0) is 61.9 Å². The number of aliphatic hydroxyl groups is 1. The molecule has 0 aromatic heterocycles. The van der Waals surface area contributed by atoms with Crippen molar-refractivity contribution in [2.24, 2.45) is 5.73 Å². The summed E-state index contributed by atoms with van der Waals surface area (Å²) in [6, 6.07) is 5.62. The van der Waals surface area contributed by atoms with Crippen LogP contribution in [0, 0.1) is 0 Å². The van der Waals surface area contributed by atoms with Gasteiger partial charge in [-0.25, -0.2) is 0 Å². The summed E-state index contributed by atoms with van der Waals surface area (Å²) in [5.41, 5.74) is 7.47. The Morgan fingerprint density at radius 1 is 1.15 bits per heavy atom. The predicted octanol–water partition coefficient (Wildman–Crippen LogP) is 2.65. The Hall–Kier alpha value is -0.770. The zero-order chi connectivity index (χ0) is 13.5. The Morgan fingerprint density at radius 3 is 2.65 bits per heavy atom. The Balaban J connectivity index is 0.00000147. The van der Waals surface area contributed by atoms with Crippen LogP contribution in [0.5, 0.6) is 5.75 Å². The molecule has 4 heteroatoms. The first-order valence-electron chi connectivity index (χ1n) is 7.36. The minimum Gasteiger partial charge on any atom is -0.508 e. The van der Waals surface area contributed by atoms with Crippen LogP contribution in [0.4, 0.5) is 0 Å². The lowest BCUT2D eigenvalue weighted by molar-refractivity contribution is -0.0862. The maximum Gasteiger partial charge on any atom is 0.115 e. The number of hydrogen-bond donors (Lipinski definition) is 3. The number of benzene rings is 1. The average molecular weight is 298 g/mol. The molecule has 2 aliphatic carbocycles. The fraction of sp³-hybridized carbons (Fsp3) is 0.625. The van der Waals surface area contributed by atoms with Crippen molar-refractivity contribution in [3.8, 4) is 5.75 Å². The second kappa shape index (κ2) is 5.55. The van der Waals surface area contributed by atoms with E-state index in [1.54, 1.807) is 6.07 Å². The summed E-state index contributed by atoms with van der Waals surface area (Å²) < 4.78 is 0. The van der Waals surface area contributed by atoms with E-state index in [2.05, 4.69) is 0 Å². The smallest absolute Gasteiger partial charge is 0.115 e. The molecule has 3 rings (SSSR count). The Morgan fingerprint density at radius 2 is 1.90 bits per heavy atom. The van der Waals surface area contributed by atoms with Crippen molar-refractivity contribution in [1.29, 1.82) is 0 Å². The second-order valence-corrected chi connectivity index (χ2v) is 6.20. The summed E-state index contributed by atoms with van der Waals surface area (Å²) in [7, 11) is 0. The zero-order valence-corrected chi connectivity index (χ0v) is 12.6. The lowest BCUT2D eigenvalue weighted by Crippen LogP contribution is -2.57. The molecule has 2 unspecified atom stereocenters. The van der Waals surface area contributed by atoms with E-state index >= 15 is 0 Å². The normalized spacial score (nSPS) is 31.9. The molecular formula is C16H24ClNO2. The predicted molar refractivity (Wildman–Crippen MR) is 82.4 cm³/mol. The number of aromatic hydroxyl groups is 1. The van der Waals surface area contributed by atoms with E-state index in [0.717, 1.165) is 44.9 Å². The molecule has 0 radical (unpaired) electrons. The highest BCUT2D eigenvalue weighted by Crippen LogP contribution is 2.54. The monoisotopic (exact) mass is 297 g/mol. The number of phenols is 1. The van der Waals surface area contributed by atoms with Crippen LogP contribution in [0.2, 0.25) is 0 Å². The molecule has 2 atom stereocenters. The summed E-state index contributed by atoms with van der Waals surface area (Å²) in [6.07, 6.45) is 6.64. The summed E-state index contributed by atoms with van der Waals surface area (Å²) in [6.45, 7) is 0.600. The molecule has 0 amide bonds. The van der Waals surface area contributed by atoms with Crippen molar-refractivity contribution in [3.63, 3.8) is 0 Å². The SMILES string of the molecule is Cl.NCCC12CCCCC1(O)CCc1cc(O)ccc12. The fourth-order valence-corrected chi connectivity index (χ4v) is 4.40. The van der Waals surface area contributed by atoms with Crippen LogP contribution in [-0.4, -0.2) is 22.4 Å². The lowest BCUT2D eigenvalue weighted by atomic mass is 9.53. The van der Waals surface area contributed by atoms with Gasteiger partial charge in [0.1, 0.15) is 5.75 Å². The van der Waals surface area contributed by atoms with Gasteiger partial charge in [0.25, 0.3) is 0 Å². The first-order chi connectivity index (χ1) is 9.11. The number of fused-ring (bicyclic) bond motifs is 3. The number of hydrogen-bond acceptors (Lipinski definition) is 3. The van der Waals surface area contributed by atoms with Crippen LogP contribution < -0.4 is 5.73 Å². The van der Waals surface area contributed by atoms with Crippen LogP contribution in [0.1, 0.15) is 49.7 Å². The minimum atomic E-state index is -0.603. The van der Waals surface area contributed by atoms with E-state index < -0.39 is 5.60 Å². The van der Waals surface area contributed by atoms with Gasteiger partial charge in [-0.15, -0.1) is 12.4 Å². The third kappa shape index (κ3) is 2.12. The largest absolute Gasteiger partial charge is 0.508 e. The molecule has 0 bridgehead atoms. The molecule has 1 saturated carbocycles. The standard InChI is InChI=1S/C16H23NO2.ClH/c17-10-9-15-6-1-2-7-16(15,19)8-5-12-11-13(18)3-4-14(12)15;/h3-4,11,18-19H,1-2,5-10,17H2;1H. The van der Waals surface area contributed by atoms with Crippen LogP contribution in [-0.2, 0) is 11.8 Å². The third-order valence-electron chi connectivity index (χ3n) is 5.32. The van der Waals surface area contributed by atoms with Gasteiger partial charge in [0.05, 0.1) is 5.60 Å². The molecule has 0 aliphatic heterocycles. The van der Waals surface area contributed by atoms with Crippen molar-refractivity contribution in [3.05, 3.63) is 29.3 Å². The van der Waals surface area contributed by atoms with Crippen molar-refractivity contribution in [1.82, 2.24) is 0 Å². The zero-order valence-electron chi connectivity index (χ0n) is 11.8. The highest BCUT2D eigenvalue weighted by molar-refractivity contribution is 5.85. The minimum absolute atomic E-state index is 0. The second-order valence-electron chi connectivity index (χ2n) is 6.20. The van der Waals surface area contributed by atoms with Gasteiger partial charge in [-0.3, -0.25) is 0 Å². The highest BCUT2D eigenvalue weighted by Gasteiger charge is 2.54. The quantitative estimate of drug-likeness (QED) is 0.786. The highest BCUT2D eigenvalue weighted by atomic mass is 35.5. The van der Waals surface area contributed by atoms with Gasteiger partial charge in [0, 0.05) is 5.41 Å². The molecule has 0 spiro atoms. The third-order valence-corrected chi connectivity index (χ3v) is 5.32. The fourth-order valence-electron chi connectivity index (χ4n) is 4.40. The van der Waals surface area contributed by atoms with E-state index in [0.29, 0.717) is 12.3 Å². The van der Waals surface area contributed by atoms with Crippen molar-refractivity contribution in [2.75, 3.05) is 6.54 Å². The number of phenolic OH excluding ortho intramolecular Hbond substituents is 1. The van der Waals surface area contributed by atoms with Crippen molar-refractivity contribution < 1.29 is 10.2 Å². The summed E-state index contributed by atoms with van der Waals surface area (Å²) in [4.78, 5) is 0. The van der Waals surface area contributed by atoms with Gasteiger partial charge >= 0.3 is 0 Å². The molecule has 0 heterocycles. The van der Waals surface area contributed by atoms with Crippen LogP contribution >= 0.6 is 12.4 Å². The lowest BCUT2D eigenvalue weighted by Gasteiger charge is -2.54. The molecule has 1 fully saturated rings. The van der Waals surface area contributed by atoms with Crippen molar-refractivity contribution >= 4 is 12.4 Å². The first kappa shape index (κ1) is 15.6. The van der Waals surface area contributed by atoms with E-state index in [1.807, 2.05) is 12.1 Å². The van der Waals surface area contributed by atoms with E-state index in [9.17, 15) is 10.2 Å². The van der Waals surface area contributed by atoms with Crippen molar-refractivity contribution in [2.45, 2.75) is 56.0 Å². The van der Waals surface area contributed by atoms with Gasteiger partial charge in [-0.2, -0.15) is 0 Å². The van der Waals surface area contributed by atoms with E-state index in [-0.39, 0.29) is 17.8 Å². The van der Waals surface area contributed by atoms with Gasteiger partial charge in [-0.1, -0.05) is 18.9 Å². The summed E-state index contributed by atoms with van der Waals surface area (Å²) >= 11 is 0. The Kier molecular flexibility index (Phi) is 4.33. The van der Waals surface area contributed by atoms with Gasteiger partial charge < -0.3 is 15.9 Å². The maximum absolute atomic E-state index is 11.2. The van der Waals surface area contributed by atoms with Crippen LogP contribution in [0.15, 0.2) is 18.2 Å². The molecule has 112 valence electrons. The molecule has 4 N–H and O–H groups in total. The molecule has 1 aromatic rings. The molecule has 20 heavy (non-hydrogen) atoms. The van der Waals surface area contributed by atoms with Gasteiger partial charge in [0.2, 0.25) is 0 Å². The maximum atomic E-state index is 11.2. The van der Waals surface area contributed by atoms with E-state index in [1.165, 1.54) is 11.1 Å². The van der Waals surface area contributed by atoms with E-state index in [4.69, 9.17) is 5.73 Å². The average Bonchev–Trinajstić information content (AvgIpc) is 2.39. The molecule has 2 aliphatic rings. The molecule has 0 saturated heterocycles. The number of rotatable bonds is 2. The number of nitrogens with two attached hydrogens (primary N) is 1. The summed E-state index contributed by atoms with van der Waals surface area (Å²) in [5, 5.41) is 20.8. The number of halogens is 1. The van der Waals surface area contributed by atoms with Gasteiger partial charge in [0.15, 0.2) is 0 Å². The molecule has 1 aromatic carbocycles.